The Labute approximate surface area is 281 Å². The number of nitrogens with zero attached hydrogens (tertiary/aromatic N) is 2. The van der Waals surface area contributed by atoms with Crippen LogP contribution in [0.25, 0.3) is 0 Å². The first-order valence-corrected chi connectivity index (χ1v) is 16.4. The second-order valence-corrected chi connectivity index (χ2v) is 12.9. The van der Waals surface area contributed by atoms with E-state index in [0.29, 0.717) is 51.7 Å². The molecule has 4 aromatic rings. The topological polar surface area (TPSA) is 61.9 Å². The molecule has 0 aromatic heterocycles. The van der Waals surface area contributed by atoms with Crippen molar-refractivity contribution in [2.75, 3.05) is 55.6 Å². The fraction of sp³-hybridized carbons (Fsp3) is 0.368. The van der Waals surface area contributed by atoms with Crippen molar-refractivity contribution >= 4 is 11.6 Å². The summed E-state index contributed by atoms with van der Waals surface area (Å²) in [4.78, 5) is 4.75. The number of benzene rings is 4. The molecule has 0 N–H and O–H groups in total. The highest BCUT2D eigenvalue weighted by atomic mass is 35.5. The zero-order valence-electron chi connectivity index (χ0n) is 27.8. The van der Waals surface area contributed by atoms with Crippen molar-refractivity contribution in [1.82, 2.24) is 9.80 Å². The van der Waals surface area contributed by atoms with Crippen LogP contribution in [0.2, 0.25) is 5.02 Å². The number of likely N-dealkylation sites (N-methyl/N-ethyl adjacent to an activating group) is 2. The van der Waals surface area contributed by atoms with E-state index in [1.807, 2.05) is 18.2 Å². The molecular weight excluding hydrogens is 616 g/mol. The molecule has 4 aliphatic heterocycles. The van der Waals surface area contributed by atoms with Gasteiger partial charge in [0.05, 0.1) is 33.5 Å². The molecule has 4 aromatic carbocycles. The van der Waals surface area contributed by atoms with E-state index in [1.165, 1.54) is 16.7 Å². The molecule has 0 amide bonds. The molecule has 2 atom stereocenters. The molecule has 4 aliphatic rings. The van der Waals surface area contributed by atoms with E-state index in [1.54, 1.807) is 28.4 Å². The van der Waals surface area contributed by atoms with E-state index in [0.717, 1.165) is 54.8 Å². The average Bonchev–Trinajstić information content (AvgIpc) is 3.08. The molecule has 0 radical (unpaired) electrons. The van der Waals surface area contributed by atoms with Gasteiger partial charge in [-0.1, -0.05) is 29.8 Å². The second kappa shape index (κ2) is 12.8. The van der Waals surface area contributed by atoms with Crippen LogP contribution in [0.3, 0.4) is 0 Å². The molecule has 0 spiro atoms. The fourth-order valence-electron chi connectivity index (χ4n) is 7.35. The lowest BCUT2D eigenvalue weighted by molar-refractivity contribution is 0.220. The number of methoxy groups -OCH3 is 4. The molecule has 0 saturated heterocycles. The Morgan fingerprint density at radius 1 is 0.681 bits per heavy atom. The maximum absolute atomic E-state index is 7.11. The largest absolute Gasteiger partial charge is 0.493 e. The third-order valence-corrected chi connectivity index (χ3v) is 10.3. The Balaban J connectivity index is 1.49. The first kappa shape index (κ1) is 31.5. The van der Waals surface area contributed by atoms with Crippen LogP contribution in [0, 0.1) is 0 Å². The average molecular weight is 657 g/mol. The maximum atomic E-state index is 7.11. The Morgan fingerprint density at radius 2 is 1.34 bits per heavy atom. The first-order valence-electron chi connectivity index (χ1n) is 16.0. The van der Waals surface area contributed by atoms with Crippen LogP contribution in [0.4, 0.5) is 0 Å². The summed E-state index contributed by atoms with van der Waals surface area (Å²) in [7, 11) is 10.9. The highest BCUT2D eigenvalue weighted by molar-refractivity contribution is 6.33. The van der Waals surface area contributed by atoms with E-state index < -0.39 is 0 Å². The normalized spacial score (nSPS) is 19.0. The number of fused-ring (bicyclic) bond motifs is 2. The van der Waals surface area contributed by atoms with Crippen LogP contribution in [-0.4, -0.2) is 65.4 Å². The lowest BCUT2D eigenvalue weighted by Gasteiger charge is -2.38. The molecule has 8 rings (SSSR count). The van der Waals surface area contributed by atoms with Gasteiger partial charge in [-0.3, -0.25) is 9.80 Å². The molecule has 0 saturated carbocycles. The molecule has 0 unspecified atom stereocenters. The van der Waals surface area contributed by atoms with Crippen LogP contribution in [-0.2, 0) is 25.7 Å². The van der Waals surface area contributed by atoms with Gasteiger partial charge < -0.3 is 28.4 Å². The summed E-state index contributed by atoms with van der Waals surface area (Å²) >= 11 is 7.11. The standard InChI is InChI=1S/C38H41ClN2O6/c1-40-15-13-24-20-31(43-4)33-21-27(24)28(40)17-22-7-10-25(11-8-22)46-32-19-23(9-12-30(32)42-3)18-29-34-26(14-16-41(29)2)35(39)37(44-5)38(45-6)36(34)47-33/h7-12,19-21,28-29H,13-18H2,1-6H3/t28-,29-/m0/s1. The van der Waals surface area contributed by atoms with Gasteiger partial charge in [-0.05, 0) is 104 Å². The number of rotatable bonds is 4. The van der Waals surface area contributed by atoms with Gasteiger partial charge in [0.15, 0.2) is 34.5 Å². The van der Waals surface area contributed by atoms with Gasteiger partial charge in [-0.2, -0.15) is 0 Å². The summed E-state index contributed by atoms with van der Waals surface area (Å²) in [6.07, 6.45) is 3.15. The van der Waals surface area contributed by atoms with Gasteiger partial charge in [-0.25, -0.2) is 0 Å². The van der Waals surface area contributed by atoms with E-state index in [-0.39, 0.29) is 12.1 Å². The Kier molecular flexibility index (Phi) is 8.59. The van der Waals surface area contributed by atoms with Crippen molar-refractivity contribution in [3.8, 4) is 46.0 Å². The van der Waals surface area contributed by atoms with E-state index >= 15 is 0 Å². The van der Waals surface area contributed by atoms with Crippen molar-refractivity contribution in [3.05, 3.63) is 93.0 Å². The van der Waals surface area contributed by atoms with Gasteiger partial charge in [0.1, 0.15) is 5.75 Å². The van der Waals surface area contributed by atoms with Gasteiger partial charge in [-0.15, -0.1) is 0 Å². The third kappa shape index (κ3) is 5.62. The van der Waals surface area contributed by atoms with Gasteiger partial charge in [0, 0.05) is 30.7 Å². The predicted molar refractivity (Wildman–Crippen MR) is 183 cm³/mol. The van der Waals surface area contributed by atoms with Crippen molar-refractivity contribution < 1.29 is 28.4 Å². The highest BCUT2D eigenvalue weighted by Crippen LogP contribution is 2.55. The molecule has 0 fully saturated rings. The Bertz CT molecular complexity index is 1810. The molecule has 6 bridgehead atoms. The zero-order valence-corrected chi connectivity index (χ0v) is 28.6. The van der Waals surface area contributed by atoms with Crippen LogP contribution in [0.15, 0.2) is 54.6 Å². The second-order valence-electron chi connectivity index (χ2n) is 12.5. The highest BCUT2D eigenvalue weighted by Gasteiger charge is 2.37. The summed E-state index contributed by atoms with van der Waals surface area (Å²) < 4.78 is 37.1. The quantitative estimate of drug-likeness (QED) is 0.220. The fourth-order valence-corrected chi connectivity index (χ4v) is 7.71. The van der Waals surface area contributed by atoms with Crippen molar-refractivity contribution in [2.45, 2.75) is 37.8 Å². The van der Waals surface area contributed by atoms with Gasteiger partial charge in [0.2, 0.25) is 5.75 Å². The van der Waals surface area contributed by atoms with Crippen LogP contribution >= 0.6 is 11.6 Å². The number of hydrogen-bond donors (Lipinski definition) is 0. The Hall–Kier alpha value is -4.11. The first-order chi connectivity index (χ1) is 22.8. The van der Waals surface area contributed by atoms with Crippen molar-refractivity contribution in [3.63, 3.8) is 0 Å². The number of halogens is 1. The molecule has 0 aliphatic carbocycles. The molecule has 9 heteroatoms. The lowest BCUT2D eigenvalue weighted by atomic mass is 9.87. The number of hydrogen-bond acceptors (Lipinski definition) is 8. The van der Waals surface area contributed by atoms with Gasteiger partial charge in [0.25, 0.3) is 0 Å². The molecule has 4 heterocycles. The smallest absolute Gasteiger partial charge is 0.205 e. The van der Waals surface area contributed by atoms with E-state index in [9.17, 15) is 0 Å². The summed E-state index contributed by atoms with van der Waals surface area (Å²) in [5.41, 5.74) is 6.75. The summed E-state index contributed by atoms with van der Waals surface area (Å²) in [6.45, 7) is 1.76. The SMILES string of the molecule is COc1ccc2cc1Oc1ccc(cc1)C[C@H]1c3cc(c(OC)cc3CCN1C)Oc1c(OC)c(OC)c(Cl)c3c1[C@H](C2)N(C)CC3. The predicted octanol–water partition coefficient (Wildman–Crippen LogP) is 7.82. The van der Waals surface area contributed by atoms with E-state index in [4.69, 9.17) is 40.0 Å². The van der Waals surface area contributed by atoms with Crippen LogP contribution < -0.4 is 28.4 Å². The minimum atomic E-state index is -0.0898. The summed E-state index contributed by atoms with van der Waals surface area (Å²) in [5.74, 6) is 4.90. The van der Waals surface area contributed by atoms with Crippen molar-refractivity contribution in [2.24, 2.45) is 0 Å². The molecule has 47 heavy (non-hydrogen) atoms. The minimum Gasteiger partial charge on any atom is -0.493 e. The monoisotopic (exact) mass is 656 g/mol. The molecule has 246 valence electrons. The van der Waals surface area contributed by atoms with Crippen LogP contribution in [0.1, 0.15) is 45.5 Å². The third-order valence-electron chi connectivity index (χ3n) is 9.93. The van der Waals surface area contributed by atoms with Gasteiger partial charge >= 0.3 is 0 Å². The molecular formula is C38H41ClN2O6. The van der Waals surface area contributed by atoms with Crippen LogP contribution in [0.5, 0.6) is 46.0 Å². The van der Waals surface area contributed by atoms with E-state index in [2.05, 4.69) is 60.3 Å². The Morgan fingerprint density at radius 3 is 2.06 bits per heavy atom. The summed E-state index contributed by atoms with van der Waals surface area (Å²) in [6, 6.07) is 18.8. The minimum absolute atomic E-state index is 0.0898. The molecule has 8 nitrogen and oxygen atoms in total. The zero-order chi connectivity index (χ0) is 32.8. The van der Waals surface area contributed by atoms with Crippen molar-refractivity contribution in [1.29, 1.82) is 0 Å². The summed E-state index contributed by atoms with van der Waals surface area (Å²) in [5, 5.41) is 0.549. The maximum Gasteiger partial charge on any atom is 0.205 e. The lowest BCUT2D eigenvalue weighted by Crippen LogP contribution is -2.34. The number of ether oxygens (including phenoxy) is 6.